The Morgan fingerprint density at radius 1 is 0.613 bits per heavy atom. The Hall–Kier alpha value is -6.76. The van der Waals surface area contributed by atoms with Gasteiger partial charge in [-0.15, -0.1) is 15.3 Å². The van der Waals surface area contributed by atoms with Gasteiger partial charge in [-0.2, -0.15) is 44.0 Å². The van der Waals surface area contributed by atoms with E-state index in [1.165, 1.54) is 68.6 Å². The molecule has 0 atom stereocenters. The van der Waals surface area contributed by atoms with Crippen molar-refractivity contribution in [2.75, 3.05) is 17.7 Å². The number of benzene rings is 5. The zero-order valence-electron chi connectivity index (χ0n) is 31.9. The van der Waals surface area contributed by atoms with Gasteiger partial charge in [-0.25, -0.2) is 4.98 Å². The highest BCUT2D eigenvalue weighted by Crippen LogP contribution is 2.42. The lowest BCUT2D eigenvalue weighted by atomic mass is 10.1. The minimum absolute atomic E-state index is 0.0161. The van der Waals surface area contributed by atoms with Gasteiger partial charge in [-0.3, -0.25) is 18.2 Å². The van der Waals surface area contributed by atoms with Gasteiger partial charge < -0.3 is 15.4 Å². The maximum Gasteiger partial charge on any atom is 0.297 e. The summed E-state index contributed by atoms with van der Waals surface area (Å²) in [7, 11) is -17.5. The van der Waals surface area contributed by atoms with Gasteiger partial charge >= 0.3 is 0 Å². The van der Waals surface area contributed by atoms with Crippen LogP contribution in [-0.4, -0.2) is 64.0 Å². The molecule has 6 N–H and O–H groups in total. The second-order valence-corrected chi connectivity index (χ2v) is 18.5. The van der Waals surface area contributed by atoms with E-state index in [-0.39, 0.29) is 78.3 Å². The van der Waals surface area contributed by atoms with Crippen molar-refractivity contribution in [1.82, 2.24) is 4.98 Å². The number of ether oxygens (including phenoxy) is 1. The lowest BCUT2D eigenvalue weighted by Crippen LogP contribution is -2.05. The maximum atomic E-state index is 12.5. The van der Waals surface area contributed by atoms with Crippen LogP contribution < -0.4 is 15.4 Å². The molecule has 0 aliphatic heterocycles. The molecule has 0 fully saturated rings. The van der Waals surface area contributed by atoms with Crippen molar-refractivity contribution < 1.29 is 56.6 Å². The van der Waals surface area contributed by atoms with Gasteiger partial charge in [0.05, 0.1) is 28.2 Å². The highest BCUT2D eigenvalue weighted by atomic mass is 32.2. The molecule has 0 aliphatic rings. The second kappa shape index (κ2) is 16.9. The molecule has 0 unspecified atom stereocenters. The summed E-state index contributed by atoms with van der Waals surface area (Å²) in [5, 5.41) is 32.6. The van der Waals surface area contributed by atoms with E-state index >= 15 is 0 Å². The number of hydrogen-bond acceptors (Lipinski definition) is 17. The fourth-order valence-electron chi connectivity index (χ4n) is 5.91. The fraction of sp³-hybridized carbons (Fsp3) is 0.0811. The molecule has 62 heavy (non-hydrogen) atoms. The molecule has 6 aromatic rings. The van der Waals surface area contributed by atoms with Crippen LogP contribution >= 0.6 is 0 Å². The third-order valence-corrected chi connectivity index (χ3v) is 12.5. The fourth-order valence-corrected chi connectivity index (χ4v) is 8.41. The molecule has 0 bridgehead atoms. The van der Waals surface area contributed by atoms with Gasteiger partial charge in [0.25, 0.3) is 40.5 Å². The number of fused-ring (bicyclic) bond motifs is 1. The van der Waals surface area contributed by atoms with Crippen LogP contribution in [0.15, 0.2) is 131 Å². The van der Waals surface area contributed by atoms with Crippen LogP contribution in [0, 0.1) is 25.2 Å². The van der Waals surface area contributed by atoms with Crippen LogP contribution in [-0.2, 0) is 40.5 Å². The normalized spacial score (nSPS) is 12.5. The third-order valence-electron chi connectivity index (χ3n) is 8.86. The van der Waals surface area contributed by atoms with Crippen molar-refractivity contribution >= 4 is 97.0 Å². The Morgan fingerprint density at radius 2 is 1.16 bits per heavy atom. The number of rotatable bonds is 13. The summed E-state index contributed by atoms with van der Waals surface area (Å²) >= 11 is 0. The lowest BCUT2D eigenvalue weighted by molar-refractivity contribution is 0.416. The van der Waals surface area contributed by atoms with Crippen LogP contribution in [0.4, 0.5) is 45.8 Å². The first-order valence-electron chi connectivity index (χ1n) is 17.2. The number of nitrogens with one attached hydrogen (secondary N) is 2. The SMILES string of the molecule is COc1cc(/N=N/c2ccc3c(S(=O)(=O)O)cccc3c2S(=O)(=O)O)c(C)cc1/N=N/c1c(Nc2ccc(S(=O)(=O)O)cc2)nc(Nc2ccc(S(=O)(=O)O)cc2)c(C#N)c1C. The highest BCUT2D eigenvalue weighted by Gasteiger charge is 2.24. The van der Waals surface area contributed by atoms with E-state index in [1.807, 2.05) is 6.07 Å². The van der Waals surface area contributed by atoms with Gasteiger partial charge in [0.15, 0.2) is 11.6 Å². The molecule has 5 aromatic carbocycles. The molecule has 25 heteroatoms. The molecule has 6 rings (SSSR count). The second-order valence-electron chi connectivity index (χ2n) is 12.9. The molecule has 21 nitrogen and oxygen atoms in total. The third kappa shape index (κ3) is 9.72. The van der Waals surface area contributed by atoms with E-state index in [1.54, 1.807) is 6.92 Å². The van der Waals surface area contributed by atoms with Crippen molar-refractivity contribution in [3.63, 3.8) is 0 Å². The summed E-state index contributed by atoms with van der Waals surface area (Å²) in [5.74, 6) is 0.0376. The minimum atomic E-state index is -5.03. The first-order valence-corrected chi connectivity index (χ1v) is 22.9. The largest absolute Gasteiger partial charge is 0.494 e. The van der Waals surface area contributed by atoms with E-state index in [9.17, 15) is 57.1 Å². The number of pyridine rings is 1. The summed E-state index contributed by atoms with van der Waals surface area (Å²) in [4.78, 5) is 2.41. The Kier molecular flexibility index (Phi) is 12.2. The molecule has 1 aromatic heterocycles. The van der Waals surface area contributed by atoms with Crippen LogP contribution in [0.2, 0.25) is 0 Å². The number of nitrogens with zero attached hydrogens (tertiary/aromatic N) is 6. The topological polar surface area (TPSA) is 337 Å². The number of hydrogen-bond donors (Lipinski definition) is 6. The standard InChI is InChI=1S/C37H30N8O13S4/c1-20-17-31(32(58-3)18-30(20)43-42-29-16-15-26-27(35(29)62(55,56)57)5-4-6-33(26)61(52,53)54)44-45-34-21(2)28(19-38)36(39-22-7-11-24(12-8-22)59(46,47)48)41-37(34)40-23-9-13-25(14-10-23)60(49,50)51/h4-18H,1-3H3,(H2,39,40,41)(H,46,47,48)(H,49,50,51)(H,52,53,54)(H,55,56,57)/b43-42+,45-44+. The van der Waals surface area contributed by atoms with Crippen molar-refractivity contribution in [3.8, 4) is 11.8 Å². The molecule has 0 saturated carbocycles. The monoisotopic (exact) mass is 922 g/mol. The van der Waals surface area contributed by atoms with Gasteiger partial charge in [-0.05, 0) is 86.1 Å². The van der Waals surface area contributed by atoms with E-state index in [2.05, 4.69) is 36.1 Å². The Labute approximate surface area is 353 Å². The smallest absolute Gasteiger partial charge is 0.297 e. The summed E-state index contributed by atoms with van der Waals surface area (Å²) < 4.78 is 139. The van der Waals surface area contributed by atoms with E-state index in [4.69, 9.17) is 4.74 Å². The molecule has 0 saturated heterocycles. The average Bonchev–Trinajstić information content (AvgIpc) is 3.18. The van der Waals surface area contributed by atoms with Crippen molar-refractivity contribution in [1.29, 1.82) is 5.26 Å². The molecule has 1 heterocycles. The van der Waals surface area contributed by atoms with Crippen molar-refractivity contribution in [2.24, 2.45) is 20.5 Å². The van der Waals surface area contributed by atoms with Crippen molar-refractivity contribution in [2.45, 2.75) is 33.4 Å². The predicted molar refractivity (Wildman–Crippen MR) is 222 cm³/mol. The highest BCUT2D eigenvalue weighted by molar-refractivity contribution is 7.87. The van der Waals surface area contributed by atoms with Crippen molar-refractivity contribution in [3.05, 3.63) is 108 Å². The summed E-state index contributed by atoms with van der Waals surface area (Å²) in [6, 6.07) is 20.5. The average molecular weight is 923 g/mol. The maximum absolute atomic E-state index is 12.5. The molecule has 320 valence electrons. The quantitative estimate of drug-likeness (QED) is 0.0471. The minimum Gasteiger partial charge on any atom is -0.494 e. The predicted octanol–water partition coefficient (Wildman–Crippen LogP) is 8.04. The molecular weight excluding hydrogens is 893 g/mol. The number of azo groups is 2. The number of aromatic nitrogens is 1. The number of nitriles is 1. The zero-order chi connectivity index (χ0) is 45.4. The lowest BCUT2D eigenvalue weighted by Gasteiger charge is -2.16. The summed E-state index contributed by atoms with van der Waals surface area (Å²) in [5.41, 5.74) is 1.05. The molecular formula is C37H30N8O13S4. The van der Waals surface area contributed by atoms with E-state index in [0.29, 0.717) is 5.56 Å². The molecule has 0 radical (unpaired) electrons. The molecule has 0 spiro atoms. The molecule has 0 aliphatic carbocycles. The number of anilines is 4. The Balaban J connectivity index is 1.41. The van der Waals surface area contributed by atoms with Gasteiger partial charge in [0.2, 0.25) is 0 Å². The van der Waals surface area contributed by atoms with Crippen LogP contribution in [0.5, 0.6) is 5.75 Å². The van der Waals surface area contributed by atoms with Crippen LogP contribution in [0.1, 0.15) is 16.7 Å². The molecule has 0 amide bonds. The summed E-state index contributed by atoms with van der Waals surface area (Å²) in [6.45, 7) is 3.14. The van der Waals surface area contributed by atoms with Gasteiger partial charge in [0, 0.05) is 33.8 Å². The van der Waals surface area contributed by atoms with E-state index < -0.39 is 55.2 Å². The number of aryl methyl sites for hydroxylation is 1. The van der Waals surface area contributed by atoms with Crippen LogP contribution in [0.3, 0.4) is 0 Å². The Morgan fingerprint density at radius 3 is 1.68 bits per heavy atom. The Bertz CT molecular complexity index is 3360. The number of methoxy groups -OCH3 is 1. The van der Waals surface area contributed by atoms with Gasteiger partial charge in [-0.1, -0.05) is 18.2 Å². The van der Waals surface area contributed by atoms with E-state index in [0.717, 1.165) is 36.4 Å². The first-order chi connectivity index (χ1) is 29.0. The summed E-state index contributed by atoms with van der Waals surface area (Å²) in [6.07, 6.45) is 0. The van der Waals surface area contributed by atoms with Gasteiger partial charge in [0.1, 0.15) is 38.7 Å². The van der Waals surface area contributed by atoms with Crippen LogP contribution in [0.25, 0.3) is 10.8 Å². The zero-order valence-corrected chi connectivity index (χ0v) is 35.2. The first kappa shape index (κ1) is 44.8.